The highest BCUT2D eigenvalue weighted by atomic mass is 32.1. The Balaban J connectivity index is 1.99. The van der Waals surface area contributed by atoms with Crippen LogP contribution in [0.15, 0.2) is 30.3 Å². The Labute approximate surface area is 155 Å². The third-order valence-corrected chi connectivity index (χ3v) is 4.56. The minimum absolute atomic E-state index is 0.239. The van der Waals surface area contributed by atoms with Crippen molar-refractivity contribution in [3.8, 4) is 0 Å². The lowest BCUT2D eigenvalue weighted by Gasteiger charge is -2.07. The summed E-state index contributed by atoms with van der Waals surface area (Å²) in [5, 5.41) is 2.99. The number of carbonyl (C=O) groups excluding carboxylic acids is 3. The molecule has 0 aliphatic rings. The van der Waals surface area contributed by atoms with E-state index in [1.807, 2.05) is 6.92 Å². The minimum atomic E-state index is -0.633. The molecule has 0 bridgehead atoms. The van der Waals surface area contributed by atoms with Crippen molar-refractivity contribution in [2.24, 2.45) is 0 Å². The number of rotatable bonds is 7. The molecule has 2 rings (SSSR count). The van der Waals surface area contributed by atoms with E-state index in [-0.39, 0.29) is 6.61 Å². The molecule has 8 heteroatoms. The summed E-state index contributed by atoms with van der Waals surface area (Å²) in [5.74, 6) is -1.67. The van der Waals surface area contributed by atoms with Crippen LogP contribution in [-0.2, 0) is 20.7 Å². The van der Waals surface area contributed by atoms with E-state index < -0.39 is 24.5 Å². The van der Waals surface area contributed by atoms with Gasteiger partial charge in [0.2, 0.25) is 0 Å². The van der Waals surface area contributed by atoms with Crippen molar-refractivity contribution >= 4 is 39.9 Å². The molecule has 0 unspecified atom stereocenters. The minimum Gasteiger partial charge on any atom is -0.462 e. The molecule has 1 amide bonds. The Bertz CT molecular complexity index is 798. The number of anilines is 2. The van der Waals surface area contributed by atoms with Gasteiger partial charge < -0.3 is 20.5 Å². The van der Waals surface area contributed by atoms with Gasteiger partial charge in [-0.1, -0.05) is 6.92 Å². The van der Waals surface area contributed by atoms with Gasteiger partial charge in [-0.3, -0.25) is 4.79 Å². The van der Waals surface area contributed by atoms with E-state index in [1.54, 1.807) is 25.1 Å². The van der Waals surface area contributed by atoms with E-state index >= 15 is 0 Å². The van der Waals surface area contributed by atoms with Gasteiger partial charge in [-0.2, -0.15) is 0 Å². The highest BCUT2D eigenvalue weighted by Gasteiger charge is 2.19. The Hall–Kier alpha value is -2.87. The van der Waals surface area contributed by atoms with Gasteiger partial charge in [-0.05, 0) is 43.7 Å². The number of hydrogen-bond donors (Lipinski definition) is 2. The van der Waals surface area contributed by atoms with Crippen LogP contribution in [0.3, 0.4) is 0 Å². The Morgan fingerprint density at radius 3 is 2.38 bits per heavy atom. The molecule has 2 aromatic rings. The van der Waals surface area contributed by atoms with Crippen LogP contribution in [0.2, 0.25) is 0 Å². The SMILES string of the molecule is CCOC(=O)c1cc(CC)sc1NC(=O)COC(=O)c1ccc(N)cc1. The van der Waals surface area contributed by atoms with Gasteiger partial charge in [0.15, 0.2) is 6.61 Å². The van der Waals surface area contributed by atoms with E-state index in [4.69, 9.17) is 15.2 Å². The Morgan fingerprint density at radius 1 is 1.08 bits per heavy atom. The first-order valence-corrected chi connectivity index (χ1v) is 8.88. The molecule has 0 aliphatic heterocycles. The largest absolute Gasteiger partial charge is 0.462 e. The van der Waals surface area contributed by atoms with Crippen LogP contribution in [0.5, 0.6) is 0 Å². The molecule has 0 aliphatic carbocycles. The van der Waals surface area contributed by atoms with Crippen LogP contribution in [0.4, 0.5) is 10.7 Å². The second-order valence-corrected chi connectivity index (χ2v) is 6.41. The second-order valence-electron chi connectivity index (χ2n) is 5.28. The number of carbonyl (C=O) groups is 3. The van der Waals surface area contributed by atoms with Gasteiger partial charge in [-0.25, -0.2) is 9.59 Å². The molecule has 0 atom stereocenters. The average Bonchev–Trinajstić information content (AvgIpc) is 3.03. The lowest BCUT2D eigenvalue weighted by molar-refractivity contribution is -0.119. The fourth-order valence-corrected chi connectivity index (χ4v) is 3.07. The molecule has 26 heavy (non-hydrogen) atoms. The molecule has 7 nitrogen and oxygen atoms in total. The van der Waals surface area contributed by atoms with Gasteiger partial charge in [0, 0.05) is 10.6 Å². The lowest BCUT2D eigenvalue weighted by atomic mass is 10.2. The van der Waals surface area contributed by atoms with Crippen molar-refractivity contribution < 1.29 is 23.9 Å². The number of thiophene rings is 1. The number of aryl methyl sites for hydroxylation is 1. The normalized spacial score (nSPS) is 10.2. The molecule has 1 aromatic heterocycles. The zero-order chi connectivity index (χ0) is 19.1. The summed E-state index contributed by atoms with van der Waals surface area (Å²) in [6, 6.07) is 7.86. The van der Waals surface area contributed by atoms with Crippen molar-refractivity contribution in [2.75, 3.05) is 24.3 Å². The first kappa shape index (κ1) is 19.5. The van der Waals surface area contributed by atoms with E-state index in [0.29, 0.717) is 21.8 Å². The molecule has 3 N–H and O–H groups in total. The third kappa shape index (κ3) is 5.06. The molecular formula is C18H20N2O5S. The summed E-state index contributed by atoms with van der Waals surface area (Å²) < 4.78 is 9.97. The number of hydrogen-bond acceptors (Lipinski definition) is 7. The Morgan fingerprint density at radius 2 is 1.77 bits per heavy atom. The first-order valence-electron chi connectivity index (χ1n) is 8.06. The predicted molar refractivity (Wildman–Crippen MR) is 99.4 cm³/mol. The summed E-state index contributed by atoms with van der Waals surface area (Å²) in [6.07, 6.45) is 0.721. The maximum absolute atomic E-state index is 12.1. The van der Waals surface area contributed by atoms with E-state index in [1.165, 1.54) is 23.5 Å². The molecule has 1 heterocycles. The molecular weight excluding hydrogens is 356 g/mol. The maximum Gasteiger partial charge on any atom is 0.341 e. The number of nitrogen functional groups attached to an aromatic ring is 1. The zero-order valence-electron chi connectivity index (χ0n) is 14.5. The van der Waals surface area contributed by atoms with Crippen LogP contribution in [0, 0.1) is 0 Å². The van der Waals surface area contributed by atoms with Crippen LogP contribution >= 0.6 is 11.3 Å². The predicted octanol–water partition coefficient (Wildman–Crippen LogP) is 2.86. The lowest BCUT2D eigenvalue weighted by Crippen LogP contribution is -2.21. The highest BCUT2D eigenvalue weighted by molar-refractivity contribution is 7.16. The third-order valence-electron chi connectivity index (χ3n) is 3.36. The molecule has 0 saturated carbocycles. The number of benzene rings is 1. The standard InChI is InChI=1S/C18H20N2O5S/c1-3-13-9-14(18(23)24-4-2)16(26-13)20-15(21)10-25-17(22)11-5-7-12(19)8-6-11/h5-9H,3-4,10,19H2,1-2H3,(H,20,21). The van der Waals surface area contributed by atoms with Crippen molar-refractivity contribution in [3.05, 3.63) is 46.3 Å². The van der Waals surface area contributed by atoms with Gasteiger partial charge in [0.05, 0.1) is 17.7 Å². The smallest absolute Gasteiger partial charge is 0.341 e. The zero-order valence-corrected chi connectivity index (χ0v) is 15.4. The van der Waals surface area contributed by atoms with Crippen LogP contribution in [0.1, 0.15) is 39.4 Å². The number of nitrogens with one attached hydrogen (secondary N) is 1. The monoisotopic (exact) mass is 376 g/mol. The summed E-state index contributed by atoms with van der Waals surface area (Å²) in [5.41, 5.74) is 6.67. The molecule has 0 spiro atoms. The van der Waals surface area contributed by atoms with Crippen molar-refractivity contribution in [3.63, 3.8) is 0 Å². The van der Waals surface area contributed by atoms with Crippen molar-refractivity contribution in [1.82, 2.24) is 0 Å². The maximum atomic E-state index is 12.1. The molecule has 138 valence electrons. The molecule has 0 saturated heterocycles. The summed E-state index contributed by atoms with van der Waals surface area (Å²) in [7, 11) is 0. The molecule has 1 aromatic carbocycles. The van der Waals surface area contributed by atoms with Crippen LogP contribution in [0.25, 0.3) is 0 Å². The van der Waals surface area contributed by atoms with Crippen LogP contribution in [-0.4, -0.2) is 31.1 Å². The van der Waals surface area contributed by atoms with E-state index in [9.17, 15) is 14.4 Å². The highest BCUT2D eigenvalue weighted by Crippen LogP contribution is 2.29. The number of ether oxygens (including phenoxy) is 2. The van der Waals surface area contributed by atoms with E-state index in [0.717, 1.165) is 11.3 Å². The first-order chi connectivity index (χ1) is 12.4. The van der Waals surface area contributed by atoms with Gasteiger partial charge in [-0.15, -0.1) is 11.3 Å². The van der Waals surface area contributed by atoms with Crippen molar-refractivity contribution in [1.29, 1.82) is 0 Å². The second kappa shape index (κ2) is 9.00. The van der Waals surface area contributed by atoms with E-state index in [2.05, 4.69) is 5.32 Å². The fraction of sp³-hybridized carbons (Fsp3) is 0.278. The van der Waals surface area contributed by atoms with Gasteiger partial charge in [0.1, 0.15) is 5.00 Å². The van der Waals surface area contributed by atoms with Crippen molar-refractivity contribution in [2.45, 2.75) is 20.3 Å². The number of nitrogens with two attached hydrogens (primary N) is 1. The fourth-order valence-electron chi connectivity index (χ4n) is 2.07. The summed E-state index contributed by atoms with van der Waals surface area (Å²) in [4.78, 5) is 36.9. The summed E-state index contributed by atoms with van der Waals surface area (Å²) >= 11 is 1.29. The number of amides is 1. The topological polar surface area (TPSA) is 108 Å². The quantitative estimate of drug-likeness (QED) is 0.568. The molecule has 0 radical (unpaired) electrons. The van der Waals surface area contributed by atoms with Gasteiger partial charge >= 0.3 is 11.9 Å². The summed E-state index contributed by atoms with van der Waals surface area (Å²) in [6.45, 7) is 3.42. The number of esters is 2. The molecule has 0 fully saturated rings. The van der Waals surface area contributed by atoms with Gasteiger partial charge in [0.25, 0.3) is 5.91 Å². The Kier molecular flexibility index (Phi) is 6.74. The van der Waals surface area contributed by atoms with Crippen LogP contribution < -0.4 is 11.1 Å². The average molecular weight is 376 g/mol.